The molecule has 0 aliphatic carbocycles. The van der Waals surface area contributed by atoms with Crippen LogP contribution in [0, 0.1) is 0 Å². The molecule has 0 saturated heterocycles. The lowest BCUT2D eigenvalue weighted by Crippen LogP contribution is -2.06. The molecule has 0 spiro atoms. The maximum atomic E-state index is 10.8. The van der Waals surface area contributed by atoms with E-state index in [1.807, 2.05) is 6.92 Å². The molecule has 1 rings (SSSR count). The van der Waals surface area contributed by atoms with Gasteiger partial charge in [0.25, 0.3) is 0 Å². The number of benzene rings is 1. The molecule has 0 amide bonds. The summed E-state index contributed by atoms with van der Waals surface area (Å²) in [5.74, 6) is 0.539. The molecule has 1 N–H and O–H groups in total. The number of rotatable bonds is 6. The van der Waals surface area contributed by atoms with Gasteiger partial charge in [0.2, 0.25) is 5.75 Å². The van der Waals surface area contributed by atoms with Crippen molar-refractivity contribution in [1.82, 2.24) is 0 Å². The van der Waals surface area contributed by atoms with Crippen LogP contribution in [0.1, 0.15) is 24.8 Å². The molecule has 1 atom stereocenters. The normalized spacial score (nSPS) is 11.8. The molecule has 1 aromatic carbocycles. The highest BCUT2D eigenvalue weighted by molar-refractivity contribution is 5.69. The molecule has 0 bridgehead atoms. The van der Waals surface area contributed by atoms with E-state index < -0.39 is 5.97 Å². The minimum Gasteiger partial charge on any atom is -0.493 e. The van der Waals surface area contributed by atoms with Crippen molar-refractivity contribution in [2.24, 2.45) is 0 Å². The van der Waals surface area contributed by atoms with Crippen LogP contribution in [-0.2, 0) is 4.79 Å². The topological polar surface area (TPSA) is 65.0 Å². The summed E-state index contributed by atoms with van der Waals surface area (Å²) >= 11 is 0. The Morgan fingerprint density at radius 1 is 1.17 bits per heavy atom. The third-order valence-corrected chi connectivity index (χ3v) is 2.75. The van der Waals surface area contributed by atoms with Crippen LogP contribution < -0.4 is 14.2 Å². The van der Waals surface area contributed by atoms with E-state index in [1.165, 1.54) is 21.3 Å². The first-order valence-electron chi connectivity index (χ1n) is 5.55. The molecule has 1 aromatic rings. The summed E-state index contributed by atoms with van der Waals surface area (Å²) in [6.45, 7) is 1.83. The zero-order chi connectivity index (χ0) is 13.7. The second kappa shape index (κ2) is 6.14. The summed E-state index contributed by atoms with van der Waals surface area (Å²) in [5.41, 5.74) is 0.789. The predicted molar refractivity (Wildman–Crippen MR) is 66.8 cm³/mol. The van der Waals surface area contributed by atoms with Gasteiger partial charge in [0.15, 0.2) is 11.5 Å². The van der Waals surface area contributed by atoms with Gasteiger partial charge in [-0.2, -0.15) is 0 Å². The van der Waals surface area contributed by atoms with Crippen molar-refractivity contribution in [2.45, 2.75) is 19.3 Å². The molecule has 0 radical (unpaired) electrons. The summed E-state index contributed by atoms with van der Waals surface area (Å²) in [6, 6.07) is 3.54. The number of carbonyl (C=O) groups is 1. The minimum atomic E-state index is -0.848. The molecule has 0 heterocycles. The van der Waals surface area contributed by atoms with E-state index in [2.05, 4.69) is 0 Å². The van der Waals surface area contributed by atoms with Crippen LogP contribution in [0.5, 0.6) is 17.2 Å². The van der Waals surface area contributed by atoms with Gasteiger partial charge in [-0.3, -0.25) is 4.79 Å². The molecular formula is C13H18O5. The lowest BCUT2D eigenvalue weighted by Gasteiger charge is -2.18. The van der Waals surface area contributed by atoms with Gasteiger partial charge in [-0.1, -0.05) is 13.0 Å². The smallest absolute Gasteiger partial charge is 0.303 e. The third kappa shape index (κ3) is 2.85. The van der Waals surface area contributed by atoms with Crippen LogP contribution in [0.25, 0.3) is 0 Å². The first kappa shape index (κ1) is 14.2. The molecule has 18 heavy (non-hydrogen) atoms. The summed E-state index contributed by atoms with van der Waals surface area (Å²) in [4.78, 5) is 10.8. The predicted octanol–water partition coefficient (Wildman–Crippen LogP) is 2.29. The minimum absolute atomic E-state index is 0.0336. The Bertz CT molecular complexity index is 428. The summed E-state index contributed by atoms with van der Waals surface area (Å²) in [5, 5.41) is 8.84. The number of carboxylic acid groups (broad SMARTS) is 1. The van der Waals surface area contributed by atoms with Gasteiger partial charge < -0.3 is 19.3 Å². The maximum absolute atomic E-state index is 10.8. The molecule has 0 aliphatic rings. The number of carboxylic acids is 1. The summed E-state index contributed by atoms with van der Waals surface area (Å²) in [6.07, 6.45) is 0.0336. The Balaban J connectivity index is 3.23. The average Bonchev–Trinajstić information content (AvgIpc) is 2.35. The van der Waals surface area contributed by atoms with Crippen molar-refractivity contribution in [3.05, 3.63) is 17.7 Å². The van der Waals surface area contributed by atoms with Crippen LogP contribution in [0.2, 0.25) is 0 Å². The largest absolute Gasteiger partial charge is 0.493 e. The fourth-order valence-electron chi connectivity index (χ4n) is 1.88. The molecule has 0 aromatic heterocycles. The molecule has 0 fully saturated rings. The molecular weight excluding hydrogens is 236 g/mol. The monoisotopic (exact) mass is 254 g/mol. The van der Waals surface area contributed by atoms with Gasteiger partial charge in [0.05, 0.1) is 27.8 Å². The van der Waals surface area contributed by atoms with Crippen molar-refractivity contribution in [3.8, 4) is 17.2 Å². The first-order chi connectivity index (χ1) is 8.54. The van der Waals surface area contributed by atoms with Crippen LogP contribution in [0.4, 0.5) is 0 Å². The number of ether oxygens (including phenoxy) is 3. The highest BCUT2D eigenvalue weighted by atomic mass is 16.5. The van der Waals surface area contributed by atoms with Gasteiger partial charge in [-0.15, -0.1) is 0 Å². The molecule has 100 valence electrons. The van der Waals surface area contributed by atoms with Crippen molar-refractivity contribution < 1.29 is 24.1 Å². The standard InChI is InChI=1S/C13H18O5/c1-8(7-11(14)15)9-5-6-10(16-2)13(18-4)12(9)17-3/h5-6,8H,7H2,1-4H3,(H,14,15)/t8-/m1/s1. The zero-order valence-electron chi connectivity index (χ0n) is 11.0. The van der Waals surface area contributed by atoms with E-state index in [9.17, 15) is 4.79 Å². The molecule has 0 unspecified atom stereocenters. The summed E-state index contributed by atoms with van der Waals surface area (Å²) < 4.78 is 15.7. The van der Waals surface area contributed by atoms with Crippen LogP contribution in [0.15, 0.2) is 12.1 Å². The van der Waals surface area contributed by atoms with E-state index in [1.54, 1.807) is 12.1 Å². The first-order valence-corrected chi connectivity index (χ1v) is 5.55. The van der Waals surface area contributed by atoms with Gasteiger partial charge in [-0.05, 0) is 12.0 Å². The van der Waals surface area contributed by atoms with E-state index >= 15 is 0 Å². The van der Waals surface area contributed by atoms with Crippen molar-refractivity contribution >= 4 is 5.97 Å². The van der Waals surface area contributed by atoms with E-state index in [-0.39, 0.29) is 12.3 Å². The Labute approximate surface area is 106 Å². The van der Waals surface area contributed by atoms with Crippen LogP contribution in [0.3, 0.4) is 0 Å². The number of methoxy groups -OCH3 is 3. The fourth-order valence-corrected chi connectivity index (χ4v) is 1.88. The van der Waals surface area contributed by atoms with Crippen molar-refractivity contribution in [1.29, 1.82) is 0 Å². The van der Waals surface area contributed by atoms with Gasteiger partial charge in [0, 0.05) is 5.56 Å². The van der Waals surface area contributed by atoms with E-state index in [4.69, 9.17) is 19.3 Å². The summed E-state index contributed by atoms with van der Waals surface area (Å²) in [7, 11) is 4.58. The molecule has 0 aliphatic heterocycles. The van der Waals surface area contributed by atoms with Crippen LogP contribution in [-0.4, -0.2) is 32.4 Å². The van der Waals surface area contributed by atoms with Crippen LogP contribution >= 0.6 is 0 Å². The Morgan fingerprint density at radius 2 is 1.78 bits per heavy atom. The molecule has 5 nitrogen and oxygen atoms in total. The maximum Gasteiger partial charge on any atom is 0.303 e. The molecule has 5 heteroatoms. The van der Waals surface area contributed by atoms with Gasteiger partial charge in [-0.25, -0.2) is 0 Å². The lowest BCUT2D eigenvalue weighted by atomic mass is 9.96. The highest BCUT2D eigenvalue weighted by Gasteiger charge is 2.21. The quantitative estimate of drug-likeness (QED) is 0.843. The Hall–Kier alpha value is -1.91. The second-order valence-electron chi connectivity index (χ2n) is 3.92. The highest BCUT2D eigenvalue weighted by Crippen LogP contribution is 2.43. The fraction of sp³-hybridized carbons (Fsp3) is 0.462. The second-order valence-corrected chi connectivity index (χ2v) is 3.92. The van der Waals surface area contributed by atoms with E-state index in [0.29, 0.717) is 17.2 Å². The van der Waals surface area contributed by atoms with E-state index in [0.717, 1.165) is 5.56 Å². The van der Waals surface area contributed by atoms with Crippen molar-refractivity contribution in [3.63, 3.8) is 0 Å². The lowest BCUT2D eigenvalue weighted by molar-refractivity contribution is -0.137. The Morgan fingerprint density at radius 3 is 2.22 bits per heavy atom. The number of hydrogen-bond acceptors (Lipinski definition) is 4. The third-order valence-electron chi connectivity index (χ3n) is 2.75. The average molecular weight is 254 g/mol. The van der Waals surface area contributed by atoms with Crippen molar-refractivity contribution in [2.75, 3.05) is 21.3 Å². The van der Waals surface area contributed by atoms with Gasteiger partial charge in [0.1, 0.15) is 0 Å². The SMILES string of the molecule is COc1ccc([C@H](C)CC(=O)O)c(OC)c1OC. The van der Waals surface area contributed by atoms with Gasteiger partial charge >= 0.3 is 5.97 Å². The number of aliphatic carboxylic acids is 1. The Kier molecular flexibility index (Phi) is 4.83. The zero-order valence-corrected chi connectivity index (χ0v) is 11.0. The number of hydrogen-bond donors (Lipinski definition) is 1. The molecule has 0 saturated carbocycles.